The van der Waals surface area contributed by atoms with E-state index in [4.69, 9.17) is 4.74 Å². The molecule has 2 aromatic heterocycles. The van der Waals surface area contributed by atoms with Crippen LogP contribution < -0.4 is 10.2 Å². The smallest absolute Gasteiger partial charge is 0.329 e. The van der Waals surface area contributed by atoms with Gasteiger partial charge >= 0.3 is 5.16 Å². The first-order valence-corrected chi connectivity index (χ1v) is 11.0. The topological polar surface area (TPSA) is 95.3 Å². The van der Waals surface area contributed by atoms with Gasteiger partial charge in [0.05, 0.1) is 31.3 Å². The molecule has 3 aromatic rings. The van der Waals surface area contributed by atoms with Gasteiger partial charge in [0, 0.05) is 48.6 Å². The highest BCUT2D eigenvalue weighted by Crippen LogP contribution is 2.26. The third kappa shape index (κ3) is 4.64. The molecule has 9 heteroatoms. The van der Waals surface area contributed by atoms with Gasteiger partial charge in [-0.05, 0) is 18.2 Å². The Labute approximate surface area is 178 Å². The van der Waals surface area contributed by atoms with Gasteiger partial charge < -0.3 is 19.5 Å². The largest absolute Gasteiger partial charge is 0.609 e. The second kappa shape index (κ2) is 9.29. The summed E-state index contributed by atoms with van der Waals surface area (Å²) >= 11 is -1.36. The SMILES string of the molecule is CC(=O)Nc1ccc(-n2ccnc2[S+]([O-])Cc2ccccc2N2CCOCC2)nc1. The summed E-state index contributed by atoms with van der Waals surface area (Å²) < 4.78 is 20.4. The van der Waals surface area contributed by atoms with Crippen molar-refractivity contribution in [2.24, 2.45) is 0 Å². The average molecular weight is 426 g/mol. The number of nitrogens with one attached hydrogen (secondary N) is 1. The van der Waals surface area contributed by atoms with Gasteiger partial charge in [0.25, 0.3) is 0 Å². The first-order valence-electron chi connectivity index (χ1n) is 9.68. The number of benzene rings is 1. The van der Waals surface area contributed by atoms with Gasteiger partial charge in [0.15, 0.2) is 0 Å². The van der Waals surface area contributed by atoms with E-state index in [9.17, 15) is 9.35 Å². The number of rotatable bonds is 6. The van der Waals surface area contributed by atoms with Crippen molar-refractivity contribution in [3.8, 4) is 5.82 Å². The summed E-state index contributed by atoms with van der Waals surface area (Å²) in [7, 11) is 0. The number of nitrogens with zero attached hydrogens (tertiary/aromatic N) is 4. The lowest BCUT2D eigenvalue weighted by atomic mass is 10.1. The van der Waals surface area contributed by atoms with E-state index in [-0.39, 0.29) is 5.91 Å². The molecule has 0 aliphatic carbocycles. The van der Waals surface area contributed by atoms with E-state index in [1.54, 1.807) is 35.3 Å². The number of hydrogen-bond donors (Lipinski definition) is 1. The minimum absolute atomic E-state index is 0.159. The number of pyridine rings is 1. The Hall–Kier alpha value is -2.88. The molecule has 1 atom stereocenters. The van der Waals surface area contributed by atoms with Crippen molar-refractivity contribution >= 4 is 28.5 Å². The lowest BCUT2D eigenvalue weighted by Crippen LogP contribution is -2.36. The Morgan fingerprint density at radius 2 is 2.00 bits per heavy atom. The molecule has 1 aliphatic heterocycles. The van der Waals surface area contributed by atoms with Crippen LogP contribution in [-0.2, 0) is 26.5 Å². The van der Waals surface area contributed by atoms with Crippen molar-refractivity contribution in [1.29, 1.82) is 0 Å². The summed E-state index contributed by atoms with van der Waals surface area (Å²) in [6.07, 6.45) is 4.92. The quantitative estimate of drug-likeness (QED) is 0.609. The van der Waals surface area contributed by atoms with E-state index in [0.717, 1.165) is 24.3 Å². The Morgan fingerprint density at radius 3 is 2.73 bits per heavy atom. The minimum atomic E-state index is -1.36. The maximum absolute atomic E-state index is 13.2. The number of carbonyl (C=O) groups is 1. The molecule has 1 unspecified atom stereocenters. The molecule has 4 rings (SSSR count). The molecular formula is C21H23N5O3S. The van der Waals surface area contributed by atoms with Gasteiger partial charge in [0.1, 0.15) is 11.6 Å². The van der Waals surface area contributed by atoms with E-state index in [0.29, 0.717) is 35.6 Å². The number of aromatic nitrogens is 3. The van der Waals surface area contributed by atoms with E-state index < -0.39 is 11.2 Å². The number of morpholine rings is 1. The molecule has 0 radical (unpaired) electrons. The van der Waals surface area contributed by atoms with Crippen LogP contribution in [0.2, 0.25) is 0 Å². The van der Waals surface area contributed by atoms with Gasteiger partial charge in [-0.1, -0.05) is 18.2 Å². The van der Waals surface area contributed by atoms with Crippen LogP contribution >= 0.6 is 0 Å². The highest BCUT2D eigenvalue weighted by molar-refractivity contribution is 7.90. The Bertz CT molecular complexity index is 1000. The number of hydrogen-bond acceptors (Lipinski definition) is 6. The zero-order valence-corrected chi connectivity index (χ0v) is 17.5. The molecule has 1 amide bonds. The maximum Gasteiger partial charge on any atom is 0.329 e. The number of anilines is 2. The van der Waals surface area contributed by atoms with Crippen molar-refractivity contribution in [3.05, 3.63) is 60.6 Å². The zero-order valence-electron chi connectivity index (χ0n) is 16.7. The maximum atomic E-state index is 13.2. The van der Waals surface area contributed by atoms with Crippen LogP contribution in [0.4, 0.5) is 11.4 Å². The molecule has 3 heterocycles. The lowest BCUT2D eigenvalue weighted by Gasteiger charge is -2.30. The predicted molar refractivity (Wildman–Crippen MR) is 115 cm³/mol. The van der Waals surface area contributed by atoms with E-state index in [1.165, 1.54) is 6.92 Å². The van der Waals surface area contributed by atoms with E-state index >= 15 is 0 Å². The molecule has 30 heavy (non-hydrogen) atoms. The predicted octanol–water partition coefficient (Wildman–Crippen LogP) is 2.37. The van der Waals surface area contributed by atoms with Crippen LogP contribution in [0.25, 0.3) is 5.82 Å². The van der Waals surface area contributed by atoms with Crippen LogP contribution in [0.3, 0.4) is 0 Å². The standard InChI is InChI=1S/C21H23N5O3S/c1-16(27)24-18-6-7-20(23-14-18)26-9-8-22-21(26)30(28)15-17-4-2-3-5-19(17)25-10-12-29-13-11-25/h2-9,14H,10-13,15H2,1H3,(H,24,27). The van der Waals surface area contributed by atoms with Crippen LogP contribution in [0, 0.1) is 0 Å². The van der Waals surface area contributed by atoms with Crippen LogP contribution in [0.1, 0.15) is 12.5 Å². The number of ether oxygens (including phenoxy) is 1. The molecule has 156 valence electrons. The fourth-order valence-electron chi connectivity index (χ4n) is 3.39. The first-order chi connectivity index (χ1) is 14.6. The Balaban J connectivity index is 1.54. The molecule has 1 aliphatic rings. The van der Waals surface area contributed by atoms with Gasteiger partial charge in [-0.2, -0.15) is 4.98 Å². The minimum Gasteiger partial charge on any atom is -0.609 e. The Morgan fingerprint density at radius 1 is 1.20 bits per heavy atom. The summed E-state index contributed by atoms with van der Waals surface area (Å²) in [5.41, 5.74) is 2.71. The van der Waals surface area contributed by atoms with Crippen molar-refractivity contribution in [2.45, 2.75) is 17.8 Å². The second-order valence-electron chi connectivity index (χ2n) is 6.88. The van der Waals surface area contributed by atoms with Crippen molar-refractivity contribution in [1.82, 2.24) is 14.5 Å². The van der Waals surface area contributed by atoms with Gasteiger partial charge in [-0.15, -0.1) is 0 Å². The van der Waals surface area contributed by atoms with Crippen molar-refractivity contribution in [3.63, 3.8) is 0 Å². The highest BCUT2D eigenvalue weighted by Gasteiger charge is 2.23. The summed E-state index contributed by atoms with van der Waals surface area (Å²) in [4.78, 5) is 22.1. The molecule has 0 bridgehead atoms. The van der Waals surface area contributed by atoms with E-state index in [1.807, 2.05) is 18.2 Å². The first kappa shape index (κ1) is 20.4. The molecule has 1 aromatic carbocycles. The van der Waals surface area contributed by atoms with Crippen molar-refractivity contribution < 1.29 is 14.1 Å². The number of amides is 1. The molecule has 0 spiro atoms. The Kier molecular flexibility index (Phi) is 6.32. The third-order valence-corrected chi connectivity index (χ3v) is 6.04. The van der Waals surface area contributed by atoms with Crippen LogP contribution in [0.5, 0.6) is 0 Å². The summed E-state index contributed by atoms with van der Waals surface area (Å²) in [5.74, 6) is 0.786. The van der Waals surface area contributed by atoms with Gasteiger partial charge in [-0.25, -0.2) is 9.55 Å². The summed E-state index contributed by atoms with van der Waals surface area (Å²) in [5, 5.41) is 3.12. The molecule has 0 saturated carbocycles. The van der Waals surface area contributed by atoms with Crippen molar-refractivity contribution in [2.75, 3.05) is 36.5 Å². The third-order valence-electron chi connectivity index (χ3n) is 4.76. The molecule has 8 nitrogen and oxygen atoms in total. The number of para-hydroxylation sites is 1. The fourth-order valence-corrected chi connectivity index (χ4v) is 4.60. The van der Waals surface area contributed by atoms with Crippen LogP contribution in [-0.4, -0.2) is 51.3 Å². The molecule has 1 fully saturated rings. The molecule has 1 saturated heterocycles. The molecular weight excluding hydrogens is 402 g/mol. The second-order valence-corrected chi connectivity index (χ2v) is 8.23. The molecule has 1 N–H and O–H groups in total. The number of carbonyl (C=O) groups excluding carboxylic acids is 1. The summed E-state index contributed by atoms with van der Waals surface area (Å²) in [6, 6.07) is 11.5. The fraction of sp³-hybridized carbons (Fsp3) is 0.286. The normalized spacial score (nSPS) is 15.1. The van der Waals surface area contributed by atoms with E-state index in [2.05, 4.69) is 26.3 Å². The monoisotopic (exact) mass is 425 g/mol. The summed E-state index contributed by atoms with van der Waals surface area (Å²) in [6.45, 7) is 4.48. The number of imidazole rings is 1. The average Bonchev–Trinajstić information content (AvgIpc) is 3.25. The van der Waals surface area contributed by atoms with Gasteiger partial charge in [-0.3, -0.25) is 4.79 Å². The zero-order chi connectivity index (χ0) is 20.9. The lowest BCUT2D eigenvalue weighted by molar-refractivity contribution is -0.114. The highest BCUT2D eigenvalue weighted by atomic mass is 32.2. The van der Waals surface area contributed by atoms with Crippen LogP contribution in [0.15, 0.2) is 60.1 Å². The van der Waals surface area contributed by atoms with Gasteiger partial charge in [0.2, 0.25) is 5.91 Å².